The summed E-state index contributed by atoms with van der Waals surface area (Å²) in [6.07, 6.45) is -3.37. The summed E-state index contributed by atoms with van der Waals surface area (Å²) in [7, 11) is 0. The zero-order chi connectivity index (χ0) is 13.2. The Morgan fingerprint density at radius 1 is 1.41 bits per heavy atom. The zero-order valence-corrected chi connectivity index (χ0v) is 9.03. The quantitative estimate of drug-likeness (QED) is 0.495. The van der Waals surface area contributed by atoms with Gasteiger partial charge in [-0.15, -0.1) is 0 Å². The lowest BCUT2D eigenvalue weighted by Crippen LogP contribution is -2.33. The highest BCUT2D eigenvalue weighted by Crippen LogP contribution is 2.23. The average Bonchev–Trinajstić information content (AvgIpc) is 2.25. The first-order chi connectivity index (χ1) is 7.82. The highest BCUT2D eigenvalue weighted by Gasteiger charge is 2.25. The van der Waals surface area contributed by atoms with Gasteiger partial charge in [0.2, 0.25) is 5.91 Å². The summed E-state index contributed by atoms with van der Waals surface area (Å²) in [5, 5.41) is 29.5. The first-order valence-electron chi connectivity index (χ1n) is 4.74. The van der Waals surface area contributed by atoms with Crippen molar-refractivity contribution in [3.8, 4) is 0 Å². The summed E-state index contributed by atoms with van der Waals surface area (Å²) in [4.78, 5) is 20.7. The van der Waals surface area contributed by atoms with Crippen LogP contribution in [0.15, 0.2) is 18.2 Å². The molecule has 2 atom stereocenters. The van der Waals surface area contributed by atoms with Crippen molar-refractivity contribution in [3.63, 3.8) is 0 Å². The summed E-state index contributed by atoms with van der Waals surface area (Å²) in [6.45, 7) is 1.60. The molecule has 0 saturated carbocycles. The number of nitro benzene ring substituents is 1. The van der Waals surface area contributed by atoms with Gasteiger partial charge in [-0.25, -0.2) is 0 Å². The number of carbonyl (C=O) groups excluding carboxylic acids is 1. The second kappa shape index (κ2) is 4.89. The number of carbonyl (C=O) groups is 1. The summed E-state index contributed by atoms with van der Waals surface area (Å²) in [5.74, 6) is -1.10. The summed E-state index contributed by atoms with van der Waals surface area (Å²) in [6, 6.07) is 3.83. The van der Waals surface area contributed by atoms with Gasteiger partial charge in [-0.3, -0.25) is 14.9 Å². The Labute approximate surface area is 96.6 Å². The van der Waals surface area contributed by atoms with Crippen LogP contribution in [0.2, 0.25) is 0 Å². The van der Waals surface area contributed by atoms with E-state index in [1.54, 1.807) is 6.92 Å². The third-order valence-electron chi connectivity index (χ3n) is 2.23. The number of aliphatic hydroxyl groups excluding tert-OH is 2. The molecule has 17 heavy (non-hydrogen) atoms. The minimum Gasteiger partial charge on any atom is -0.385 e. The summed E-state index contributed by atoms with van der Waals surface area (Å²) in [5.41, 5.74) is 5.21. The molecular weight excluding hydrogens is 228 g/mol. The standard InChI is InChI=1S/C10H12N2O5/c1-5-2-6(4-7(3-5)12(16)17)8(13)9(14)10(11)15/h2-4,8-9,13-14H,1H3,(H2,11,15). The van der Waals surface area contributed by atoms with Gasteiger partial charge >= 0.3 is 0 Å². The van der Waals surface area contributed by atoms with Crippen molar-refractivity contribution in [2.45, 2.75) is 19.1 Å². The first-order valence-corrected chi connectivity index (χ1v) is 4.74. The van der Waals surface area contributed by atoms with Gasteiger partial charge in [0.25, 0.3) is 5.69 Å². The molecule has 0 radical (unpaired) electrons. The second-order valence-corrected chi connectivity index (χ2v) is 3.65. The van der Waals surface area contributed by atoms with Gasteiger partial charge < -0.3 is 15.9 Å². The monoisotopic (exact) mass is 240 g/mol. The minimum absolute atomic E-state index is 0.0722. The highest BCUT2D eigenvalue weighted by molar-refractivity contribution is 5.79. The molecule has 1 amide bonds. The van der Waals surface area contributed by atoms with Crippen molar-refractivity contribution in [3.05, 3.63) is 39.4 Å². The molecule has 0 bridgehead atoms. The van der Waals surface area contributed by atoms with Crippen LogP contribution in [0.4, 0.5) is 5.69 Å². The van der Waals surface area contributed by atoms with E-state index in [0.29, 0.717) is 5.56 Å². The molecule has 7 nitrogen and oxygen atoms in total. The van der Waals surface area contributed by atoms with Crippen molar-refractivity contribution in [1.82, 2.24) is 0 Å². The van der Waals surface area contributed by atoms with Crippen molar-refractivity contribution >= 4 is 11.6 Å². The van der Waals surface area contributed by atoms with E-state index in [-0.39, 0.29) is 11.3 Å². The lowest BCUT2D eigenvalue weighted by Gasteiger charge is -2.15. The van der Waals surface area contributed by atoms with Gasteiger partial charge in [-0.2, -0.15) is 0 Å². The van der Waals surface area contributed by atoms with Crippen LogP contribution in [0.3, 0.4) is 0 Å². The molecular formula is C10H12N2O5. The Balaban J connectivity index is 3.13. The molecule has 1 aromatic rings. The number of nitrogens with two attached hydrogens (primary N) is 1. The largest absolute Gasteiger partial charge is 0.385 e. The Kier molecular flexibility index (Phi) is 3.77. The van der Waals surface area contributed by atoms with Crippen LogP contribution in [0, 0.1) is 17.0 Å². The van der Waals surface area contributed by atoms with E-state index in [2.05, 4.69) is 0 Å². The predicted octanol–water partition coefficient (Wildman–Crippen LogP) is -0.217. The molecule has 0 saturated heterocycles. The number of aliphatic hydroxyl groups is 2. The molecule has 92 valence electrons. The van der Waals surface area contributed by atoms with E-state index >= 15 is 0 Å². The van der Waals surface area contributed by atoms with E-state index in [0.717, 1.165) is 6.07 Å². The van der Waals surface area contributed by atoms with Gasteiger partial charge in [0, 0.05) is 12.1 Å². The van der Waals surface area contributed by atoms with E-state index in [1.165, 1.54) is 12.1 Å². The van der Waals surface area contributed by atoms with Crippen LogP contribution >= 0.6 is 0 Å². The molecule has 0 aromatic heterocycles. The van der Waals surface area contributed by atoms with E-state index in [4.69, 9.17) is 5.73 Å². The van der Waals surface area contributed by atoms with E-state index in [9.17, 15) is 25.1 Å². The molecule has 1 rings (SSSR count). The van der Waals surface area contributed by atoms with Gasteiger partial charge in [-0.05, 0) is 18.1 Å². The molecule has 0 aliphatic heterocycles. The number of hydrogen-bond acceptors (Lipinski definition) is 5. The zero-order valence-electron chi connectivity index (χ0n) is 9.03. The first kappa shape index (κ1) is 13.1. The third-order valence-corrected chi connectivity index (χ3v) is 2.23. The van der Waals surface area contributed by atoms with Crippen LogP contribution in [-0.4, -0.2) is 27.1 Å². The molecule has 0 aliphatic carbocycles. The smallest absolute Gasteiger partial charge is 0.270 e. The Morgan fingerprint density at radius 3 is 2.47 bits per heavy atom. The van der Waals surface area contributed by atoms with E-state index in [1.807, 2.05) is 0 Å². The maximum Gasteiger partial charge on any atom is 0.270 e. The molecule has 2 unspecified atom stereocenters. The summed E-state index contributed by atoms with van der Waals surface area (Å²) < 4.78 is 0. The average molecular weight is 240 g/mol. The number of hydrogen-bond donors (Lipinski definition) is 3. The number of aryl methyl sites for hydroxylation is 1. The summed E-state index contributed by atoms with van der Waals surface area (Å²) >= 11 is 0. The number of amides is 1. The Morgan fingerprint density at radius 2 is 2.00 bits per heavy atom. The minimum atomic E-state index is -1.79. The number of benzene rings is 1. The van der Waals surface area contributed by atoms with Crippen molar-refractivity contribution in [2.75, 3.05) is 0 Å². The normalized spacial score (nSPS) is 14.1. The maximum atomic E-state index is 10.7. The molecule has 0 spiro atoms. The fraction of sp³-hybridized carbons (Fsp3) is 0.300. The van der Waals surface area contributed by atoms with Crippen molar-refractivity contribution in [1.29, 1.82) is 0 Å². The van der Waals surface area contributed by atoms with Crippen molar-refractivity contribution < 1.29 is 19.9 Å². The van der Waals surface area contributed by atoms with Crippen LogP contribution < -0.4 is 5.73 Å². The van der Waals surface area contributed by atoms with Crippen LogP contribution in [0.1, 0.15) is 17.2 Å². The van der Waals surface area contributed by atoms with Crippen LogP contribution in [0.25, 0.3) is 0 Å². The molecule has 0 fully saturated rings. The Hall–Kier alpha value is -1.99. The molecule has 0 aliphatic rings. The van der Waals surface area contributed by atoms with Crippen LogP contribution in [-0.2, 0) is 4.79 Å². The number of rotatable bonds is 4. The van der Waals surface area contributed by atoms with E-state index < -0.39 is 23.0 Å². The fourth-order valence-electron chi connectivity index (χ4n) is 1.41. The van der Waals surface area contributed by atoms with Gasteiger partial charge in [-0.1, -0.05) is 6.07 Å². The Bertz CT molecular complexity index is 460. The third kappa shape index (κ3) is 2.99. The fourth-order valence-corrected chi connectivity index (χ4v) is 1.41. The lowest BCUT2D eigenvalue weighted by atomic mass is 10.0. The lowest BCUT2D eigenvalue weighted by molar-refractivity contribution is -0.385. The van der Waals surface area contributed by atoms with Crippen LogP contribution in [0.5, 0.6) is 0 Å². The molecule has 1 aromatic carbocycles. The number of primary amides is 1. The van der Waals surface area contributed by atoms with Gasteiger partial charge in [0.05, 0.1) is 4.92 Å². The van der Waals surface area contributed by atoms with Gasteiger partial charge in [0.15, 0.2) is 6.10 Å². The number of non-ortho nitro benzene ring substituents is 1. The topological polar surface area (TPSA) is 127 Å². The molecule has 7 heteroatoms. The second-order valence-electron chi connectivity index (χ2n) is 3.65. The number of nitro groups is 1. The maximum absolute atomic E-state index is 10.7. The molecule has 0 heterocycles. The number of nitrogens with zero attached hydrogens (tertiary/aromatic N) is 1. The highest BCUT2D eigenvalue weighted by atomic mass is 16.6. The predicted molar refractivity (Wildman–Crippen MR) is 58.0 cm³/mol. The van der Waals surface area contributed by atoms with Gasteiger partial charge in [0.1, 0.15) is 6.10 Å². The molecule has 4 N–H and O–H groups in total. The SMILES string of the molecule is Cc1cc(C(O)C(O)C(N)=O)cc([N+](=O)[O-])c1. The van der Waals surface area contributed by atoms with Crippen molar-refractivity contribution in [2.24, 2.45) is 5.73 Å².